The molecule has 0 aromatic carbocycles. The Kier molecular flexibility index (Phi) is 15.0. The standard InChI is InChI=1S/C4H9.3FH.Sn.H/c1-3-4-2;;;;;/h1,3-4H2,2H3;3*1H;;/q;;;;+3;/p-3. The Bertz CT molecular complexity index is 27.7. The molecule has 0 N–H and O–H groups in total. The minimum atomic E-state index is -5.14. The maximum atomic E-state index is 9.88. The van der Waals surface area contributed by atoms with Gasteiger partial charge in [0.2, 0.25) is 0 Å². The van der Waals surface area contributed by atoms with E-state index in [0.717, 1.165) is 6.42 Å². The van der Waals surface area contributed by atoms with E-state index in [-0.39, 0.29) is 0 Å². The molecule has 4 heteroatoms. The van der Waals surface area contributed by atoms with E-state index in [1.165, 1.54) is 6.42 Å². The van der Waals surface area contributed by atoms with Gasteiger partial charge >= 0.3 is 30.1 Å². The van der Waals surface area contributed by atoms with Crippen LogP contribution < -0.4 is 0 Å². The summed E-state index contributed by atoms with van der Waals surface area (Å²) in [4.78, 5) is 0. The SMILES string of the molecule is [CH2]CCC.[F][SnH]([F])[F]. The van der Waals surface area contributed by atoms with Gasteiger partial charge in [-0.15, -0.1) is 0 Å². The van der Waals surface area contributed by atoms with Gasteiger partial charge in [-0.05, 0) is 0 Å². The first kappa shape index (κ1) is 11.4. The van der Waals surface area contributed by atoms with Crippen molar-refractivity contribution in [2.45, 2.75) is 19.8 Å². The van der Waals surface area contributed by atoms with Crippen LogP contribution in [0.5, 0.6) is 0 Å². The zero-order valence-corrected chi connectivity index (χ0v) is 8.13. The van der Waals surface area contributed by atoms with E-state index in [9.17, 15) is 8.60 Å². The molecule has 0 aromatic heterocycles. The molecule has 0 rings (SSSR count). The van der Waals surface area contributed by atoms with Crippen LogP contribution in [0.2, 0.25) is 0 Å². The Morgan fingerprint density at radius 2 is 1.50 bits per heavy atom. The second-order valence-electron chi connectivity index (χ2n) is 1.10. The molecule has 0 aliphatic heterocycles. The maximum absolute atomic E-state index is 9.88. The number of hydrogen-bond acceptors (Lipinski definition) is 0. The van der Waals surface area contributed by atoms with Gasteiger partial charge in [-0.1, -0.05) is 26.7 Å². The van der Waals surface area contributed by atoms with E-state index in [4.69, 9.17) is 0 Å². The normalized spacial score (nSPS) is 8.25. The van der Waals surface area contributed by atoms with Crippen LogP contribution >= 0.6 is 0 Å². The number of halogens is 3. The molecule has 0 unspecified atom stereocenters. The van der Waals surface area contributed by atoms with Crippen LogP contribution in [0.1, 0.15) is 19.8 Å². The molecule has 0 fully saturated rings. The molecule has 0 bridgehead atoms. The van der Waals surface area contributed by atoms with Crippen LogP contribution in [0.4, 0.5) is 8.60 Å². The molecule has 1 radical (unpaired) electrons. The van der Waals surface area contributed by atoms with Crippen molar-refractivity contribution >= 4 is 21.5 Å². The van der Waals surface area contributed by atoms with Crippen molar-refractivity contribution < 1.29 is 8.60 Å². The van der Waals surface area contributed by atoms with Crippen LogP contribution in [-0.4, -0.2) is 21.5 Å². The van der Waals surface area contributed by atoms with Crippen molar-refractivity contribution in [1.82, 2.24) is 0 Å². The molecular weight excluding hydrogens is 224 g/mol. The fraction of sp³-hybridized carbons (Fsp3) is 0.750. The predicted octanol–water partition coefficient (Wildman–Crippen LogP) is 2.23. The van der Waals surface area contributed by atoms with Gasteiger partial charge in [0.25, 0.3) is 0 Å². The summed E-state index contributed by atoms with van der Waals surface area (Å²) < 4.78 is 29.6. The molecule has 0 aliphatic rings. The number of unbranched alkanes of at least 4 members (excludes halogenated alkanes) is 1. The summed E-state index contributed by atoms with van der Waals surface area (Å²) in [5.41, 5.74) is 0. The van der Waals surface area contributed by atoms with Crippen LogP contribution in [0.15, 0.2) is 0 Å². The first-order valence-electron chi connectivity index (χ1n) is 2.36. The van der Waals surface area contributed by atoms with E-state index >= 15 is 0 Å². The second kappa shape index (κ2) is 10.5. The van der Waals surface area contributed by atoms with Crippen molar-refractivity contribution in [1.29, 1.82) is 0 Å². The van der Waals surface area contributed by atoms with Gasteiger partial charge < -0.3 is 0 Å². The molecule has 0 heterocycles. The van der Waals surface area contributed by atoms with Crippen molar-refractivity contribution in [2.24, 2.45) is 0 Å². The Labute approximate surface area is 57.2 Å². The Morgan fingerprint density at radius 1 is 1.38 bits per heavy atom. The summed E-state index contributed by atoms with van der Waals surface area (Å²) in [6.07, 6.45) is 2.28. The molecule has 0 amide bonds. The fourth-order valence-corrected chi connectivity index (χ4v) is 0. The third kappa shape index (κ3) is 81.5. The van der Waals surface area contributed by atoms with Gasteiger partial charge in [-0.25, -0.2) is 0 Å². The van der Waals surface area contributed by atoms with Gasteiger partial charge in [0.05, 0.1) is 0 Å². The quantitative estimate of drug-likeness (QED) is 0.610. The van der Waals surface area contributed by atoms with Gasteiger partial charge in [0.1, 0.15) is 0 Å². The molecule has 51 valence electrons. The second-order valence-corrected chi connectivity index (χ2v) is 2.51. The summed E-state index contributed by atoms with van der Waals surface area (Å²) >= 11 is -5.14. The first-order valence-corrected chi connectivity index (χ1v) is 6.10. The van der Waals surface area contributed by atoms with E-state index in [1.54, 1.807) is 0 Å². The average Bonchev–Trinajstić information content (AvgIpc) is 1.65. The van der Waals surface area contributed by atoms with Gasteiger partial charge in [-0.3, -0.25) is 0 Å². The Morgan fingerprint density at radius 3 is 1.50 bits per heavy atom. The topological polar surface area (TPSA) is 0 Å². The van der Waals surface area contributed by atoms with Crippen LogP contribution in [0.25, 0.3) is 0 Å². The van der Waals surface area contributed by atoms with Crippen LogP contribution in [0.3, 0.4) is 0 Å². The Hall–Kier alpha value is 0.589. The fourth-order valence-electron chi connectivity index (χ4n) is 0. The molecular formula is C4H10F3Sn. The Balaban J connectivity index is 0. The number of rotatable bonds is 1. The van der Waals surface area contributed by atoms with Crippen LogP contribution in [0, 0.1) is 6.92 Å². The molecule has 0 atom stereocenters. The zero-order valence-electron chi connectivity index (χ0n) is 4.83. The van der Waals surface area contributed by atoms with E-state index in [0.29, 0.717) is 0 Å². The summed E-state index contributed by atoms with van der Waals surface area (Å²) in [6, 6.07) is 0. The molecule has 8 heavy (non-hydrogen) atoms. The van der Waals surface area contributed by atoms with Crippen molar-refractivity contribution in [3.63, 3.8) is 0 Å². The minimum absolute atomic E-state index is 1.07. The van der Waals surface area contributed by atoms with E-state index in [1.807, 2.05) is 0 Å². The van der Waals surface area contributed by atoms with E-state index < -0.39 is 21.5 Å². The van der Waals surface area contributed by atoms with Gasteiger partial charge in [-0.2, -0.15) is 0 Å². The average molecular weight is 234 g/mol. The third-order valence-electron chi connectivity index (χ3n) is 0.354. The first-order chi connectivity index (χ1) is 3.65. The molecule has 0 aliphatic carbocycles. The third-order valence-corrected chi connectivity index (χ3v) is 0.354. The van der Waals surface area contributed by atoms with Crippen LogP contribution in [-0.2, 0) is 0 Å². The molecule has 0 saturated heterocycles. The van der Waals surface area contributed by atoms with E-state index in [2.05, 4.69) is 13.8 Å². The summed E-state index contributed by atoms with van der Waals surface area (Å²) in [5.74, 6) is 0. The van der Waals surface area contributed by atoms with Gasteiger partial charge in [0, 0.05) is 0 Å². The summed E-state index contributed by atoms with van der Waals surface area (Å²) in [6.45, 7) is 5.72. The molecule has 0 saturated carbocycles. The van der Waals surface area contributed by atoms with Crippen molar-refractivity contribution in [3.8, 4) is 0 Å². The van der Waals surface area contributed by atoms with Gasteiger partial charge in [0.15, 0.2) is 0 Å². The predicted molar refractivity (Wildman–Crippen MR) is 30.7 cm³/mol. The summed E-state index contributed by atoms with van der Waals surface area (Å²) in [5, 5.41) is 0. The monoisotopic (exact) mass is 235 g/mol. The molecule has 0 spiro atoms. The molecule has 0 aromatic rings. The summed E-state index contributed by atoms with van der Waals surface area (Å²) in [7, 11) is 0. The van der Waals surface area contributed by atoms with Crippen molar-refractivity contribution in [3.05, 3.63) is 6.92 Å². The number of hydrogen-bond donors (Lipinski definition) is 0. The molecule has 0 nitrogen and oxygen atoms in total. The van der Waals surface area contributed by atoms with Crippen molar-refractivity contribution in [2.75, 3.05) is 0 Å². The zero-order chi connectivity index (χ0) is 6.99.